The lowest BCUT2D eigenvalue weighted by Gasteiger charge is -2.27. The van der Waals surface area contributed by atoms with Crippen molar-refractivity contribution in [1.82, 2.24) is 5.32 Å². The highest BCUT2D eigenvalue weighted by Gasteiger charge is 2.23. The van der Waals surface area contributed by atoms with Crippen LogP contribution in [0.25, 0.3) is 0 Å². The summed E-state index contributed by atoms with van der Waals surface area (Å²) in [7, 11) is 0. The average Bonchev–Trinajstić information content (AvgIpc) is 2.36. The standard InChI is InChI=1S/C14H18Cl2N2O3/c1-8(14(2,3)4)7-17-13(19)9-5-10(15)12(16)11(6-9)18(20)21/h5-6,8H,7H2,1-4H3,(H,17,19). The normalized spacial score (nSPS) is 12.9. The molecule has 1 atom stereocenters. The number of nitrogens with one attached hydrogen (secondary N) is 1. The second kappa shape index (κ2) is 6.62. The van der Waals surface area contributed by atoms with E-state index >= 15 is 0 Å². The first-order valence-electron chi connectivity index (χ1n) is 6.45. The molecule has 0 aliphatic rings. The van der Waals surface area contributed by atoms with Crippen molar-refractivity contribution in [1.29, 1.82) is 0 Å². The third-order valence-electron chi connectivity index (χ3n) is 3.52. The van der Waals surface area contributed by atoms with Gasteiger partial charge in [-0.2, -0.15) is 0 Å². The van der Waals surface area contributed by atoms with E-state index in [1.807, 2.05) is 6.92 Å². The maximum Gasteiger partial charge on any atom is 0.290 e. The molecule has 1 unspecified atom stereocenters. The quantitative estimate of drug-likeness (QED) is 0.659. The Bertz CT molecular complexity index is 568. The van der Waals surface area contributed by atoms with Crippen LogP contribution in [0.2, 0.25) is 10.0 Å². The van der Waals surface area contributed by atoms with Gasteiger partial charge in [-0.3, -0.25) is 14.9 Å². The van der Waals surface area contributed by atoms with Crippen molar-refractivity contribution in [3.05, 3.63) is 37.9 Å². The SMILES string of the molecule is CC(CNC(=O)c1cc(Cl)c(Cl)c([N+](=O)[O-])c1)C(C)(C)C. The van der Waals surface area contributed by atoms with E-state index in [1.54, 1.807) is 0 Å². The fraction of sp³-hybridized carbons (Fsp3) is 0.500. The average molecular weight is 333 g/mol. The Morgan fingerprint density at radius 1 is 1.38 bits per heavy atom. The highest BCUT2D eigenvalue weighted by molar-refractivity contribution is 6.43. The number of amides is 1. The molecule has 0 fully saturated rings. The number of benzene rings is 1. The molecule has 5 nitrogen and oxygen atoms in total. The highest BCUT2D eigenvalue weighted by Crippen LogP contribution is 2.33. The lowest BCUT2D eigenvalue weighted by molar-refractivity contribution is -0.384. The van der Waals surface area contributed by atoms with Crippen molar-refractivity contribution in [3.8, 4) is 0 Å². The summed E-state index contributed by atoms with van der Waals surface area (Å²) in [5.41, 5.74) is -0.202. The minimum absolute atomic E-state index is 0.0140. The van der Waals surface area contributed by atoms with Crippen molar-refractivity contribution in [2.24, 2.45) is 11.3 Å². The van der Waals surface area contributed by atoms with Crippen LogP contribution in [-0.4, -0.2) is 17.4 Å². The summed E-state index contributed by atoms with van der Waals surface area (Å²) in [5, 5.41) is 13.5. The van der Waals surface area contributed by atoms with Gasteiger partial charge in [-0.25, -0.2) is 0 Å². The lowest BCUT2D eigenvalue weighted by Crippen LogP contribution is -2.33. The molecule has 1 N–H and O–H groups in total. The molecule has 0 heterocycles. The van der Waals surface area contributed by atoms with E-state index < -0.39 is 10.8 Å². The number of carbonyl (C=O) groups excluding carboxylic acids is 1. The second-order valence-electron chi connectivity index (χ2n) is 6.03. The molecule has 1 aromatic rings. The van der Waals surface area contributed by atoms with Gasteiger partial charge in [-0.1, -0.05) is 50.9 Å². The van der Waals surface area contributed by atoms with Gasteiger partial charge in [0.2, 0.25) is 0 Å². The molecule has 0 saturated carbocycles. The largest absolute Gasteiger partial charge is 0.352 e. The molecule has 116 valence electrons. The molecule has 0 bridgehead atoms. The number of hydrogen-bond donors (Lipinski definition) is 1. The van der Waals surface area contributed by atoms with E-state index in [0.717, 1.165) is 6.07 Å². The van der Waals surface area contributed by atoms with Crippen LogP contribution < -0.4 is 5.32 Å². The van der Waals surface area contributed by atoms with Crippen LogP contribution in [-0.2, 0) is 0 Å². The number of hydrogen-bond acceptors (Lipinski definition) is 3. The first kappa shape index (κ1) is 17.7. The van der Waals surface area contributed by atoms with Crippen LogP contribution in [0.5, 0.6) is 0 Å². The predicted molar refractivity (Wildman–Crippen MR) is 84.1 cm³/mol. The van der Waals surface area contributed by atoms with Gasteiger partial charge in [0.15, 0.2) is 0 Å². The highest BCUT2D eigenvalue weighted by atomic mass is 35.5. The first-order chi connectivity index (χ1) is 9.54. The van der Waals surface area contributed by atoms with E-state index in [4.69, 9.17) is 23.2 Å². The molecule has 1 rings (SSSR count). The van der Waals surface area contributed by atoms with Crippen molar-refractivity contribution in [3.63, 3.8) is 0 Å². The maximum atomic E-state index is 12.1. The van der Waals surface area contributed by atoms with Crippen molar-refractivity contribution >= 4 is 34.8 Å². The number of carbonyl (C=O) groups is 1. The number of nitro groups is 1. The molecule has 0 aliphatic heterocycles. The molecular weight excluding hydrogens is 315 g/mol. The van der Waals surface area contributed by atoms with Crippen LogP contribution in [0.4, 0.5) is 5.69 Å². The number of halogens is 2. The van der Waals surface area contributed by atoms with Gasteiger partial charge in [0.25, 0.3) is 11.6 Å². The molecule has 1 aromatic carbocycles. The van der Waals surface area contributed by atoms with Crippen molar-refractivity contribution in [2.45, 2.75) is 27.7 Å². The lowest BCUT2D eigenvalue weighted by atomic mass is 9.82. The number of rotatable bonds is 4. The Kier molecular flexibility index (Phi) is 5.59. The van der Waals surface area contributed by atoms with Gasteiger partial charge in [0.1, 0.15) is 5.02 Å². The summed E-state index contributed by atoms with van der Waals surface area (Å²) in [5.74, 6) is -0.160. The minimum Gasteiger partial charge on any atom is -0.352 e. The van der Waals surface area contributed by atoms with Gasteiger partial charge >= 0.3 is 0 Å². The van der Waals surface area contributed by atoms with Crippen LogP contribution in [0.1, 0.15) is 38.1 Å². The van der Waals surface area contributed by atoms with E-state index in [-0.39, 0.29) is 32.6 Å². The molecule has 0 radical (unpaired) electrons. The Labute approximate surface area is 133 Å². The third kappa shape index (κ3) is 4.58. The van der Waals surface area contributed by atoms with E-state index in [0.29, 0.717) is 6.54 Å². The summed E-state index contributed by atoms with van der Waals surface area (Å²) < 4.78 is 0. The number of nitro benzene ring substituents is 1. The summed E-state index contributed by atoms with van der Waals surface area (Å²) in [6, 6.07) is 2.46. The Morgan fingerprint density at radius 3 is 2.43 bits per heavy atom. The first-order valence-corrected chi connectivity index (χ1v) is 7.21. The summed E-state index contributed by atoms with van der Waals surface area (Å²) in [6.45, 7) is 8.73. The van der Waals surface area contributed by atoms with Crippen LogP contribution in [0.3, 0.4) is 0 Å². The molecule has 7 heteroatoms. The summed E-state index contributed by atoms with van der Waals surface area (Å²) in [6.07, 6.45) is 0. The topological polar surface area (TPSA) is 72.2 Å². The van der Waals surface area contributed by atoms with Gasteiger partial charge in [0, 0.05) is 18.2 Å². The zero-order valence-corrected chi connectivity index (χ0v) is 13.9. The monoisotopic (exact) mass is 332 g/mol. The molecule has 0 spiro atoms. The smallest absolute Gasteiger partial charge is 0.290 e. The van der Waals surface area contributed by atoms with Crippen LogP contribution in [0.15, 0.2) is 12.1 Å². The zero-order valence-electron chi connectivity index (χ0n) is 12.4. The Morgan fingerprint density at radius 2 is 1.95 bits per heavy atom. The molecule has 0 aliphatic carbocycles. The summed E-state index contributed by atoms with van der Waals surface area (Å²) >= 11 is 11.6. The molecule has 21 heavy (non-hydrogen) atoms. The molecule has 1 amide bonds. The molecular formula is C14H18Cl2N2O3. The van der Waals surface area contributed by atoms with Crippen molar-refractivity contribution < 1.29 is 9.72 Å². The van der Waals surface area contributed by atoms with Gasteiger partial charge in [-0.05, 0) is 17.4 Å². The maximum absolute atomic E-state index is 12.1. The fourth-order valence-electron chi connectivity index (χ4n) is 1.49. The minimum atomic E-state index is -0.664. The number of nitrogens with zero attached hydrogens (tertiary/aromatic N) is 1. The Hall–Kier alpha value is -1.33. The molecule has 0 aromatic heterocycles. The van der Waals surface area contributed by atoms with E-state index in [1.165, 1.54) is 6.07 Å². The fourth-order valence-corrected chi connectivity index (χ4v) is 1.89. The van der Waals surface area contributed by atoms with Gasteiger partial charge in [-0.15, -0.1) is 0 Å². The second-order valence-corrected chi connectivity index (χ2v) is 6.81. The van der Waals surface area contributed by atoms with Gasteiger partial charge < -0.3 is 5.32 Å². The van der Waals surface area contributed by atoms with E-state index in [9.17, 15) is 14.9 Å². The van der Waals surface area contributed by atoms with E-state index in [2.05, 4.69) is 26.1 Å². The molecule has 0 saturated heterocycles. The predicted octanol–water partition coefficient (Wildman–Crippen LogP) is 4.31. The Balaban J connectivity index is 2.91. The van der Waals surface area contributed by atoms with Crippen LogP contribution >= 0.6 is 23.2 Å². The zero-order chi connectivity index (χ0) is 16.4. The summed E-state index contributed by atoms with van der Waals surface area (Å²) in [4.78, 5) is 22.3. The van der Waals surface area contributed by atoms with Crippen molar-refractivity contribution in [2.75, 3.05) is 6.54 Å². The van der Waals surface area contributed by atoms with Gasteiger partial charge in [0.05, 0.1) is 9.95 Å². The third-order valence-corrected chi connectivity index (χ3v) is 4.31. The van der Waals surface area contributed by atoms with Crippen LogP contribution in [0, 0.1) is 21.4 Å².